The second-order valence-electron chi connectivity index (χ2n) is 9.14. The number of aromatic nitrogens is 1. The fourth-order valence-corrected chi connectivity index (χ4v) is 6.10. The number of carbonyl (C=O) groups excluding carboxylic acids is 1. The number of nitrogens with zero attached hydrogens (tertiary/aromatic N) is 3. The smallest absolute Gasteiger partial charge is 0.265 e. The minimum atomic E-state index is -4.33. The lowest BCUT2D eigenvalue weighted by Gasteiger charge is -2.25. The number of rotatable bonds is 11. The van der Waals surface area contributed by atoms with E-state index < -0.39 is 22.5 Å². The molecular formula is C30H31ClN4O6S. The molecule has 1 amide bonds. The summed E-state index contributed by atoms with van der Waals surface area (Å²) in [5.74, 6) is 0.0723. The number of sulfonamides is 1. The molecule has 4 rings (SSSR count). The summed E-state index contributed by atoms with van der Waals surface area (Å²) in [6.07, 6.45) is 1.52. The molecule has 1 N–H and O–H groups in total. The molecule has 1 aromatic heterocycles. The summed E-state index contributed by atoms with van der Waals surface area (Å²) in [6, 6.07) is 20.4. The number of benzene rings is 3. The Morgan fingerprint density at radius 3 is 2.26 bits per heavy atom. The van der Waals surface area contributed by atoms with Crippen molar-refractivity contribution < 1.29 is 27.4 Å². The zero-order valence-corrected chi connectivity index (χ0v) is 25.4. The quantitative estimate of drug-likeness (QED) is 0.186. The Labute approximate surface area is 250 Å². The number of amides is 1. The van der Waals surface area contributed by atoms with Crippen molar-refractivity contribution in [3.05, 3.63) is 94.8 Å². The predicted octanol–water partition coefficient (Wildman–Crippen LogP) is 5.12. The third-order valence-electron chi connectivity index (χ3n) is 6.52. The van der Waals surface area contributed by atoms with Crippen molar-refractivity contribution in [2.45, 2.75) is 18.7 Å². The van der Waals surface area contributed by atoms with Crippen LogP contribution in [0.5, 0.6) is 17.2 Å². The van der Waals surface area contributed by atoms with Crippen LogP contribution >= 0.6 is 11.6 Å². The van der Waals surface area contributed by atoms with Gasteiger partial charge in [-0.2, -0.15) is 5.10 Å². The fourth-order valence-electron chi connectivity index (χ4n) is 4.49. The number of nitrogens with one attached hydrogen (secondary N) is 1. The summed E-state index contributed by atoms with van der Waals surface area (Å²) in [7, 11) is -0.0954. The highest BCUT2D eigenvalue weighted by atomic mass is 35.5. The monoisotopic (exact) mass is 610 g/mol. The molecule has 0 radical (unpaired) electrons. The van der Waals surface area contributed by atoms with E-state index in [0.29, 0.717) is 5.75 Å². The molecule has 3 aromatic carbocycles. The molecule has 0 unspecified atom stereocenters. The number of anilines is 1. The maximum absolute atomic E-state index is 13.9. The lowest BCUT2D eigenvalue weighted by Crippen LogP contribution is -2.39. The van der Waals surface area contributed by atoms with E-state index in [2.05, 4.69) is 15.1 Å². The van der Waals surface area contributed by atoms with E-state index >= 15 is 0 Å². The van der Waals surface area contributed by atoms with Crippen LogP contribution in [0.1, 0.15) is 17.0 Å². The molecule has 0 saturated heterocycles. The average molecular weight is 611 g/mol. The van der Waals surface area contributed by atoms with E-state index in [-0.39, 0.29) is 27.1 Å². The molecule has 4 aromatic rings. The maximum Gasteiger partial charge on any atom is 0.265 e. The number of ether oxygens (including phenoxy) is 3. The molecule has 0 aliphatic carbocycles. The SMILES string of the molecule is COc1ccc(S(=O)(=O)N(CC(=O)N/N=C\c2cc(C)n(-c3ccccc3)c2C)c2cc(Cl)ccc2OC)cc1OC. The van der Waals surface area contributed by atoms with Gasteiger partial charge in [0.15, 0.2) is 11.5 Å². The summed E-state index contributed by atoms with van der Waals surface area (Å²) in [5, 5.41) is 4.36. The van der Waals surface area contributed by atoms with Crippen LogP contribution in [0.4, 0.5) is 5.69 Å². The van der Waals surface area contributed by atoms with Crippen molar-refractivity contribution in [1.29, 1.82) is 0 Å². The maximum atomic E-state index is 13.9. The number of methoxy groups -OCH3 is 3. The van der Waals surface area contributed by atoms with E-state index in [4.69, 9.17) is 25.8 Å². The zero-order valence-electron chi connectivity index (χ0n) is 23.8. The average Bonchev–Trinajstić information content (AvgIpc) is 3.27. The van der Waals surface area contributed by atoms with Crippen LogP contribution in [-0.4, -0.2) is 53.0 Å². The van der Waals surface area contributed by atoms with E-state index in [1.54, 1.807) is 6.07 Å². The first-order chi connectivity index (χ1) is 20.1. The van der Waals surface area contributed by atoms with Crippen LogP contribution < -0.4 is 23.9 Å². The van der Waals surface area contributed by atoms with Crippen LogP contribution in [0.2, 0.25) is 5.02 Å². The summed E-state index contributed by atoms with van der Waals surface area (Å²) < 4.78 is 46.8. The van der Waals surface area contributed by atoms with Gasteiger partial charge in [-0.1, -0.05) is 29.8 Å². The molecule has 0 saturated carbocycles. The molecule has 0 fully saturated rings. The van der Waals surface area contributed by atoms with Gasteiger partial charge in [0.05, 0.1) is 38.1 Å². The van der Waals surface area contributed by atoms with Gasteiger partial charge in [0.1, 0.15) is 12.3 Å². The van der Waals surface area contributed by atoms with Gasteiger partial charge < -0.3 is 18.8 Å². The van der Waals surface area contributed by atoms with Gasteiger partial charge in [0, 0.05) is 33.7 Å². The molecule has 1 heterocycles. The van der Waals surface area contributed by atoms with Crippen molar-refractivity contribution in [2.75, 3.05) is 32.2 Å². The van der Waals surface area contributed by atoms with E-state index in [0.717, 1.165) is 26.9 Å². The van der Waals surface area contributed by atoms with Crippen molar-refractivity contribution in [1.82, 2.24) is 9.99 Å². The summed E-state index contributed by atoms with van der Waals surface area (Å²) >= 11 is 6.22. The van der Waals surface area contributed by atoms with Crippen LogP contribution in [0.15, 0.2) is 82.8 Å². The van der Waals surface area contributed by atoms with Gasteiger partial charge in [-0.3, -0.25) is 9.10 Å². The Morgan fingerprint density at radius 1 is 0.929 bits per heavy atom. The highest BCUT2D eigenvalue weighted by molar-refractivity contribution is 7.92. The van der Waals surface area contributed by atoms with Gasteiger partial charge in [-0.05, 0) is 62.4 Å². The van der Waals surface area contributed by atoms with Gasteiger partial charge in [0.2, 0.25) is 0 Å². The number of para-hydroxylation sites is 1. The first-order valence-electron chi connectivity index (χ1n) is 12.7. The normalized spacial score (nSPS) is 11.4. The minimum Gasteiger partial charge on any atom is -0.495 e. The Bertz CT molecular complexity index is 1720. The van der Waals surface area contributed by atoms with Gasteiger partial charge in [0.25, 0.3) is 15.9 Å². The molecule has 220 valence electrons. The third-order valence-corrected chi connectivity index (χ3v) is 8.51. The molecule has 0 aliphatic rings. The summed E-state index contributed by atoms with van der Waals surface area (Å²) in [6.45, 7) is 3.31. The highest BCUT2D eigenvalue weighted by Gasteiger charge is 2.30. The second kappa shape index (κ2) is 13.0. The van der Waals surface area contributed by atoms with Crippen LogP contribution in [-0.2, 0) is 14.8 Å². The zero-order chi connectivity index (χ0) is 30.4. The molecule has 0 bridgehead atoms. The highest BCUT2D eigenvalue weighted by Crippen LogP contribution is 2.37. The van der Waals surface area contributed by atoms with Crippen molar-refractivity contribution in [3.63, 3.8) is 0 Å². The third kappa shape index (κ3) is 6.37. The van der Waals surface area contributed by atoms with Gasteiger partial charge in [-0.25, -0.2) is 13.8 Å². The lowest BCUT2D eigenvalue weighted by molar-refractivity contribution is -0.119. The summed E-state index contributed by atoms with van der Waals surface area (Å²) in [5.41, 5.74) is 6.23. The predicted molar refractivity (Wildman–Crippen MR) is 163 cm³/mol. The first kappa shape index (κ1) is 30.5. The molecular weight excluding hydrogens is 580 g/mol. The molecule has 12 heteroatoms. The molecule has 0 aliphatic heterocycles. The minimum absolute atomic E-state index is 0.0744. The standard InChI is InChI=1S/C30H31ClN4O6S/c1-20-15-22(21(2)35(20)24-9-7-6-8-10-24)18-32-33-30(36)19-34(26-16-23(31)11-13-27(26)39-3)42(37,38)25-12-14-28(40-4)29(17-25)41-5/h6-18H,19H2,1-5H3,(H,33,36)/b32-18-. The van der Waals surface area contributed by atoms with Crippen molar-refractivity contribution >= 4 is 39.4 Å². The Kier molecular flexibility index (Phi) is 9.44. The summed E-state index contributed by atoms with van der Waals surface area (Å²) in [4.78, 5) is 13.0. The van der Waals surface area contributed by atoms with E-state index in [9.17, 15) is 13.2 Å². The lowest BCUT2D eigenvalue weighted by atomic mass is 10.2. The number of hydrogen-bond acceptors (Lipinski definition) is 7. The van der Waals surface area contributed by atoms with E-state index in [1.165, 1.54) is 57.9 Å². The second-order valence-corrected chi connectivity index (χ2v) is 11.4. The van der Waals surface area contributed by atoms with Crippen LogP contribution in [0, 0.1) is 13.8 Å². The number of aryl methyl sites for hydroxylation is 1. The molecule has 42 heavy (non-hydrogen) atoms. The Hall–Kier alpha value is -4.48. The topological polar surface area (TPSA) is 111 Å². The molecule has 0 spiro atoms. The van der Waals surface area contributed by atoms with Crippen molar-refractivity contribution in [2.24, 2.45) is 5.10 Å². The number of hydrogen-bond donors (Lipinski definition) is 1. The number of carbonyl (C=O) groups is 1. The first-order valence-corrected chi connectivity index (χ1v) is 14.6. The molecule has 10 nitrogen and oxygen atoms in total. The molecule has 0 atom stereocenters. The Morgan fingerprint density at radius 2 is 1.60 bits per heavy atom. The Balaban J connectivity index is 1.64. The van der Waals surface area contributed by atoms with Gasteiger partial charge in [-0.15, -0.1) is 0 Å². The fraction of sp³-hybridized carbons (Fsp3) is 0.200. The van der Waals surface area contributed by atoms with Crippen molar-refractivity contribution in [3.8, 4) is 22.9 Å². The number of halogens is 1. The van der Waals surface area contributed by atoms with E-state index in [1.807, 2.05) is 50.2 Å². The van der Waals surface area contributed by atoms with Gasteiger partial charge >= 0.3 is 0 Å². The number of hydrazone groups is 1. The largest absolute Gasteiger partial charge is 0.495 e. The van der Waals surface area contributed by atoms with Crippen LogP contribution in [0.3, 0.4) is 0 Å². The van der Waals surface area contributed by atoms with Crippen LogP contribution in [0.25, 0.3) is 5.69 Å².